The Kier molecular flexibility index (Phi) is 3.40. The number of para-hydroxylation sites is 1. The van der Waals surface area contributed by atoms with Crippen LogP contribution in [-0.4, -0.2) is 20.2 Å². The Morgan fingerprint density at radius 1 is 1.26 bits per heavy atom. The molecule has 0 saturated carbocycles. The van der Waals surface area contributed by atoms with E-state index in [4.69, 9.17) is 11.6 Å². The fourth-order valence-corrected chi connectivity index (χ4v) is 2.87. The maximum atomic E-state index is 6.20. The van der Waals surface area contributed by atoms with Gasteiger partial charge >= 0.3 is 0 Å². The summed E-state index contributed by atoms with van der Waals surface area (Å²) >= 11 is 7.74. The SMILES string of the molecule is Cc1nc(SCc2cc3ccccc3nc2Cl)n[nH]1. The molecule has 0 unspecified atom stereocenters. The molecule has 4 nitrogen and oxygen atoms in total. The lowest BCUT2D eigenvalue weighted by molar-refractivity contribution is 0.969. The number of H-pyrrole nitrogens is 1. The summed E-state index contributed by atoms with van der Waals surface area (Å²) in [5.74, 6) is 1.51. The number of thioether (sulfide) groups is 1. The first-order chi connectivity index (χ1) is 9.22. The number of halogens is 1. The van der Waals surface area contributed by atoms with Gasteiger partial charge in [0, 0.05) is 16.7 Å². The Bertz CT molecular complexity index is 725. The van der Waals surface area contributed by atoms with Crippen LogP contribution in [0, 0.1) is 6.92 Å². The summed E-state index contributed by atoms with van der Waals surface area (Å²) < 4.78 is 0. The average Bonchev–Trinajstić information content (AvgIpc) is 2.82. The van der Waals surface area contributed by atoms with Crippen molar-refractivity contribution in [2.45, 2.75) is 17.8 Å². The molecule has 0 spiro atoms. The van der Waals surface area contributed by atoms with Crippen molar-refractivity contribution in [2.24, 2.45) is 0 Å². The van der Waals surface area contributed by atoms with Crippen LogP contribution in [0.3, 0.4) is 0 Å². The second-order valence-corrected chi connectivity index (χ2v) is 5.42. The van der Waals surface area contributed by atoms with Crippen molar-refractivity contribution in [1.82, 2.24) is 20.2 Å². The molecule has 3 aromatic rings. The van der Waals surface area contributed by atoms with Gasteiger partial charge in [-0.2, -0.15) is 0 Å². The monoisotopic (exact) mass is 290 g/mol. The Balaban J connectivity index is 1.86. The first-order valence-corrected chi connectivity index (χ1v) is 7.15. The van der Waals surface area contributed by atoms with Crippen molar-refractivity contribution in [2.75, 3.05) is 0 Å². The number of pyridine rings is 1. The van der Waals surface area contributed by atoms with E-state index in [2.05, 4.69) is 26.2 Å². The minimum Gasteiger partial charge on any atom is -0.262 e. The van der Waals surface area contributed by atoms with E-state index in [0.717, 1.165) is 27.4 Å². The lowest BCUT2D eigenvalue weighted by atomic mass is 10.2. The highest BCUT2D eigenvalue weighted by atomic mass is 35.5. The summed E-state index contributed by atoms with van der Waals surface area (Å²) in [4.78, 5) is 8.65. The predicted octanol–water partition coefficient (Wildman–Crippen LogP) is 3.61. The maximum absolute atomic E-state index is 6.20. The number of aromatic nitrogens is 4. The van der Waals surface area contributed by atoms with Gasteiger partial charge in [0.15, 0.2) is 0 Å². The third kappa shape index (κ3) is 2.72. The zero-order chi connectivity index (χ0) is 13.2. The van der Waals surface area contributed by atoms with E-state index < -0.39 is 0 Å². The van der Waals surface area contributed by atoms with Gasteiger partial charge in [-0.25, -0.2) is 9.97 Å². The van der Waals surface area contributed by atoms with Crippen LogP contribution in [0.5, 0.6) is 0 Å². The Morgan fingerprint density at radius 3 is 2.89 bits per heavy atom. The van der Waals surface area contributed by atoms with Gasteiger partial charge in [0.05, 0.1) is 5.52 Å². The van der Waals surface area contributed by atoms with E-state index in [0.29, 0.717) is 10.9 Å². The number of benzene rings is 1. The molecule has 2 heterocycles. The molecule has 0 bridgehead atoms. The third-order valence-electron chi connectivity index (χ3n) is 2.68. The van der Waals surface area contributed by atoms with Crippen LogP contribution in [0.25, 0.3) is 10.9 Å². The largest absolute Gasteiger partial charge is 0.262 e. The summed E-state index contributed by atoms with van der Waals surface area (Å²) in [5.41, 5.74) is 1.91. The zero-order valence-corrected chi connectivity index (χ0v) is 11.8. The number of rotatable bonds is 3. The van der Waals surface area contributed by atoms with E-state index in [1.165, 1.54) is 11.8 Å². The van der Waals surface area contributed by atoms with Gasteiger partial charge in [0.1, 0.15) is 11.0 Å². The van der Waals surface area contributed by atoms with E-state index >= 15 is 0 Å². The molecule has 6 heteroatoms. The lowest BCUT2D eigenvalue weighted by Crippen LogP contribution is -1.89. The molecular weight excluding hydrogens is 280 g/mol. The molecule has 1 aromatic carbocycles. The maximum Gasteiger partial charge on any atom is 0.208 e. The first-order valence-electron chi connectivity index (χ1n) is 5.78. The van der Waals surface area contributed by atoms with E-state index in [1.807, 2.05) is 31.2 Å². The Hall–Kier alpha value is -1.59. The minimum absolute atomic E-state index is 0.540. The molecule has 0 radical (unpaired) electrons. The highest BCUT2D eigenvalue weighted by molar-refractivity contribution is 7.98. The predicted molar refractivity (Wildman–Crippen MR) is 77.4 cm³/mol. The summed E-state index contributed by atoms with van der Waals surface area (Å²) in [5, 5.41) is 9.26. The van der Waals surface area contributed by atoms with Crippen LogP contribution >= 0.6 is 23.4 Å². The van der Waals surface area contributed by atoms with Crippen molar-refractivity contribution in [3.8, 4) is 0 Å². The minimum atomic E-state index is 0.540. The van der Waals surface area contributed by atoms with Crippen LogP contribution in [0.1, 0.15) is 11.4 Å². The molecular formula is C13H11ClN4S. The van der Waals surface area contributed by atoms with E-state index in [9.17, 15) is 0 Å². The van der Waals surface area contributed by atoms with Gasteiger partial charge < -0.3 is 0 Å². The zero-order valence-electron chi connectivity index (χ0n) is 10.2. The summed E-state index contributed by atoms with van der Waals surface area (Å²) in [6.07, 6.45) is 0. The molecule has 0 atom stereocenters. The van der Waals surface area contributed by atoms with Gasteiger partial charge in [-0.1, -0.05) is 41.6 Å². The molecule has 0 fully saturated rings. The molecule has 2 aromatic heterocycles. The fourth-order valence-electron chi connectivity index (χ4n) is 1.77. The van der Waals surface area contributed by atoms with Gasteiger partial charge in [-0.15, -0.1) is 5.10 Å². The van der Waals surface area contributed by atoms with Gasteiger partial charge in [0.25, 0.3) is 0 Å². The standard InChI is InChI=1S/C13H11ClN4S/c1-8-15-13(18-17-8)19-7-10-6-9-4-2-3-5-11(9)16-12(10)14/h2-6H,7H2,1H3,(H,15,17,18). The Morgan fingerprint density at radius 2 is 2.11 bits per heavy atom. The van der Waals surface area contributed by atoms with E-state index in [-0.39, 0.29) is 0 Å². The molecule has 96 valence electrons. The summed E-state index contributed by atoms with van der Waals surface area (Å²) in [6.45, 7) is 1.88. The van der Waals surface area contributed by atoms with Crippen LogP contribution in [0.2, 0.25) is 5.15 Å². The first kappa shape index (κ1) is 12.4. The van der Waals surface area contributed by atoms with Crippen molar-refractivity contribution >= 4 is 34.3 Å². The number of nitrogens with zero attached hydrogens (tertiary/aromatic N) is 3. The number of hydrogen-bond donors (Lipinski definition) is 1. The molecule has 1 N–H and O–H groups in total. The molecule has 19 heavy (non-hydrogen) atoms. The highest BCUT2D eigenvalue weighted by Crippen LogP contribution is 2.26. The molecule has 0 amide bonds. The summed E-state index contributed by atoms with van der Waals surface area (Å²) in [7, 11) is 0. The molecule has 0 aliphatic carbocycles. The topological polar surface area (TPSA) is 54.5 Å². The smallest absolute Gasteiger partial charge is 0.208 e. The molecule has 0 aliphatic heterocycles. The molecule has 0 aliphatic rings. The van der Waals surface area contributed by atoms with Crippen molar-refractivity contribution in [1.29, 1.82) is 0 Å². The lowest BCUT2D eigenvalue weighted by Gasteiger charge is -2.04. The number of aryl methyl sites for hydroxylation is 1. The van der Waals surface area contributed by atoms with Crippen molar-refractivity contribution < 1.29 is 0 Å². The third-order valence-corrected chi connectivity index (χ3v) is 3.91. The van der Waals surface area contributed by atoms with Crippen LogP contribution in [0.4, 0.5) is 0 Å². The number of fused-ring (bicyclic) bond motifs is 1. The van der Waals surface area contributed by atoms with Crippen LogP contribution < -0.4 is 0 Å². The van der Waals surface area contributed by atoms with Gasteiger partial charge in [-0.05, 0) is 19.1 Å². The van der Waals surface area contributed by atoms with Gasteiger partial charge in [-0.3, -0.25) is 5.10 Å². The van der Waals surface area contributed by atoms with Crippen molar-refractivity contribution in [3.05, 3.63) is 46.9 Å². The second-order valence-electron chi connectivity index (χ2n) is 4.12. The highest BCUT2D eigenvalue weighted by Gasteiger charge is 2.07. The normalized spacial score (nSPS) is 11.1. The fraction of sp³-hybridized carbons (Fsp3) is 0.154. The molecule has 3 rings (SSSR count). The number of aromatic amines is 1. The van der Waals surface area contributed by atoms with Gasteiger partial charge in [0.2, 0.25) is 5.16 Å². The van der Waals surface area contributed by atoms with Crippen molar-refractivity contribution in [3.63, 3.8) is 0 Å². The summed E-state index contributed by atoms with van der Waals surface area (Å²) in [6, 6.07) is 10.0. The number of nitrogens with one attached hydrogen (secondary N) is 1. The second kappa shape index (κ2) is 5.19. The van der Waals surface area contributed by atoms with Crippen LogP contribution in [0.15, 0.2) is 35.5 Å². The molecule has 0 saturated heterocycles. The Labute approximate surface area is 119 Å². The average molecular weight is 291 g/mol. The quantitative estimate of drug-likeness (QED) is 0.591. The van der Waals surface area contributed by atoms with E-state index in [1.54, 1.807) is 0 Å². The van der Waals surface area contributed by atoms with Crippen LogP contribution in [-0.2, 0) is 5.75 Å². The number of hydrogen-bond acceptors (Lipinski definition) is 4.